The van der Waals surface area contributed by atoms with Crippen molar-refractivity contribution in [1.29, 1.82) is 0 Å². The van der Waals surface area contributed by atoms with E-state index in [4.69, 9.17) is 5.73 Å². The van der Waals surface area contributed by atoms with Crippen LogP contribution in [0.15, 0.2) is 29.8 Å². The Morgan fingerprint density at radius 1 is 1.36 bits per heavy atom. The SMILES string of the molecule is CC(C)=CCCC(C)CC=O.Cc1cccc(C(=O)[O-])c1N. The van der Waals surface area contributed by atoms with Crippen LogP contribution in [0, 0.1) is 12.8 Å². The van der Waals surface area contributed by atoms with Gasteiger partial charge in [0.25, 0.3) is 0 Å². The molecule has 0 radical (unpaired) electrons. The number of carbonyl (C=O) groups is 2. The quantitative estimate of drug-likeness (QED) is 0.497. The number of para-hydroxylation sites is 1. The van der Waals surface area contributed by atoms with Crippen LogP contribution in [0.2, 0.25) is 0 Å². The summed E-state index contributed by atoms with van der Waals surface area (Å²) in [7, 11) is 0. The van der Waals surface area contributed by atoms with Gasteiger partial charge in [0.2, 0.25) is 0 Å². The summed E-state index contributed by atoms with van der Waals surface area (Å²) in [4.78, 5) is 20.5. The Morgan fingerprint density at radius 2 is 2.00 bits per heavy atom. The van der Waals surface area contributed by atoms with E-state index in [2.05, 4.69) is 26.8 Å². The Hall–Kier alpha value is -2.10. The molecule has 0 saturated carbocycles. The first kappa shape index (κ1) is 19.9. The molecule has 1 unspecified atom stereocenters. The number of rotatable bonds is 6. The van der Waals surface area contributed by atoms with E-state index in [-0.39, 0.29) is 11.3 Å². The molecule has 122 valence electrons. The lowest BCUT2D eigenvalue weighted by Gasteiger charge is -2.07. The number of carboxylic acid groups (broad SMARTS) is 1. The molecule has 4 heteroatoms. The third kappa shape index (κ3) is 8.25. The number of allylic oxidation sites excluding steroid dienone is 2. The molecule has 1 aromatic carbocycles. The maximum absolute atomic E-state index is 10.4. The van der Waals surface area contributed by atoms with Gasteiger partial charge in [-0.05, 0) is 45.1 Å². The van der Waals surface area contributed by atoms with Gasteiger partial charge >= 0.3 is 0 Å². The Kier molecular flexibility index (Phi) is 9.59. The molecule has 0 bridgehead atoms. The third-order valence-corrected chi connectivity index (χ3v) is 3.25. The summed E-state index contributed by atoms with van der Waals surface area (Å²) < 4.78 is 0. The summed E-state index contributed by atoms with van der Waals surface area (Å²) in [5.41, 5.74) is 7.93. The fourth-order valence-corrected chi connectivity index (χ4v) is 1.80. The normalized spacial score (nSPS) is 10.9. The average molecular weight is 304 g/mol. The first-order chi connectivity index (χ1) is 10.3. The van der Waals surface area contributed by atoms with Crippen LogP contribution in [-0.4, -0.2) is 12.3 Å². The number of nitrogens with two attached hydrogens (primary N) is 1. The van der Waals surface area contributed by atoms with Crippen molar-refractivity contribution in [3.8, 4) is 0 Å². The van der Waals surface area contributed by atoms with E-state index in [1.165, 1.54) is 11.6 Å². The van der Waals surface area contributed by atoms with Crippen molar-refractivity contribution >= 4 is 17.9 Å². The molecule has 0 saturated heterocycles. The highest BCUT2D eigenvalue weighted by Gasteiger charge is 2.00. The van der Waals surface area contributed by atoms with Crippen LogP contribution in [0.5, 0.6) is 0 Å². The van der Waals surface area contributed by atoms with Crippen molar-refractivity contribution in [2.75, 3.05) is 5.73 Å². The highest BCUT2D eigenvalue weighted by atomic mass is 16.4. The molecule has 0 aromatic heterocycles. The van der Waals surface area contributed by atoms with Crippen LogP contribution in [-0.2, 0) is 4.79 Å². The Bertz CT molecular complexity index is 517. The predicted molar refractivity (Wildman–Crippen MR) is 88.4 cm³/mol. The highest BCUT2D eigenvalue weighted by Crippen LogP contribution is 2.14. The molecular weight excluding hydrogens is 278 g/mol. The fourth-order valence-electron chi connectivity index (χ4n) is 1.80. The lowest BCUT2D eigenvalue weighted by atomic mass is 10.0. The van der Waals surface area contributed by atoms with Crippen LogP contribution < -0.4 is 10.8 Å². The zero-order valence-corrected chi connectivity index (χ0v) is 13.9. The largest absolute Gasteiger partial charge is 0.545 e. The number of nitrogen functional groups attached to an aromatic ring is 1. The van der Waals surface area contributed by atoms with E-state index in [0.717, 1.165) is 24.7 Å². The van der Waals surface area contributed by atoms with Crippen molar-refractivity contribution in [3.05, 3.63) is 41.0 Å². The smallest absolute Gasteiger partial charge is 0.120 e. The van der Waals surface area contributed by atoms with Crippen LogP contribution in [0.1, 0.15) is 56.0 Å². The second-order valence-corrected chi connectivity index (χ2v) is 5.69. The van der Waals surface area contributed by atoms with Crippen LogP contribution >= 0.6 is 0 Å². The number of hydrogen-bond acceptors (Lipinski definition) is 4. The minimum atomic E-state index is -1.23. The van der Waals surface area contributed by atoms with E-state index in [1.807, 2.05) is 0 Å². The standard InChI is InChI=1S/C10H18O.C8H9NO2/c1-9(2)5-4-6-10(3)7-8-11;1-5-3-2-4-6(7(5)9)8(10)11/h5,8,10H,4,6-7H2,1-3H3;2-4H,9H2,1H3,(H,10,11)/p-1. The van der Waals surface area contributed by atoms with Gasteiger partial charge in [0.15, 0.2) is 0 Å². The molecule has 0 aliphatic carbocycles. The highest BCUT2D eigenvalue weighted by molar-refractivity contribution is 5.92. The number of benzene rings is 1. The molecule has 0 fully saturated rings. The van der Waals surface area contributed by atoms with Crippen LogP contribution in [0.25, 0.3) is 0 Å². The van der Waals surface area contributed by atoms with Gasteiger partial charge in [0.05, 0.1) is 5.97 Å². The molecule has 0 amide bonds. The van der Waals surface area contributed by atoms with Crippen molar-refractivity contribution < 1.29 is 14.7 Å². The lowest BCUT2D eigenvalue weighted by Crippen LogP contribution is -2.23. The summed E-state index contributed by atoms with van der Waals surface area (Å²) in [6.07, 6.45) is 6.17. The summed E-state index contributed by atoms with van der Waals surface area (Å²) in [5, 5.41) is 10.4. The molecule has 22 heavy (non-hydrogen) atoms. The minimum absolute atomic E-state index is 0.0602. The molecule has 0 spiro atoms. The number of aryl methyl sites for hydroxylation is 1. The van der Waals surface area contributed by atoms with E-state index in [1.54, 1.807) is 19.1 Å². The van der Waals surface area contributed by atoms with Gasteiger partial charge in [-0.15, -0.1) is 0 Å². The van der Waals surface area contributed by atoms with Gasteiger partial charge < -0.3 is 20.4 Å². The number of aromatic carboxylic acids is 1. The van der Waals surface area contributed by atoms with E-state index < -0.39 is 5.97 Å². The van der Waals surface area contributed by atoms with Gasteiger partial charge in [0.1, 0.15) is 6.29 Å². The minimum Gasteiger partial charge on any atom is -0.545 e. The molecule has 0 heterocycles. The topological polar surface area (TPSA) is 83.2 Å². The van der Waals surface area contributed by atoms with Gasteiger partial charge in [-0.3, -0.25) is 0 Å². The van der Waals surface area contributed by atoms with Gasteiger partial charge in [0, 0.05) is 17.7 Å². The molecule has 0 aliphatic rings. The van der Waals surface area contributed by atoms with E-state index in [0.29, 0.717) is 12.3 Å². The fraction of sp³-hybridized carbons (Fsp3) is 0.444. The van der Waals surface area contributed by atoms with Gasteiger partial charge in [-0.25, -0.2) is 0 Å². The van der Waals surface area contributed by atoms with Crippen molar-refractivity contribution in [2.45, 2.75) is 47.0 Å². The third-order valence-electron chi connectivity index (χ3n) is 3.25. The second kappa shape index (κ2) is 10.6. The molecule has 1 atom stereocenters. The Labute approximate surface area is 133 Å². The molecule has 1 rings (SSSR count). The first-order valence-electron chi connectivity index (χ1n) is 7.43. The second-order valence-electron chi connectivity index (χ2n) is 5.69. The molecule has 0 aliphatic heterocycles. The summed E-state index contributed by atoms with van der Waals surface area (Å²) in [6.45, 7) is 8.07. The van der Waals surface area contributed by atoms with E-state index >= 15 is 0 Å². The lowest BCUT2D eigenvalue weighted by molar-refractivity contribution is -0.254. The molecular formula is C18H26NO3-. The predicted octanol–water partition coefficient (Wildman–Crippen LogP) is 2.90. The van der Waals surface area contributed by atoms with Crippen molar-refractivity contribution in [1.82, 2.24) is 0 Å². The van der Waals surface area contributed by atoms with Crippen molar-refractivity contribution in [3.63, 3.8) is 0 Å². The van der Waals surface area contributed by atoms with Gasteiger partial charge in [-0.1, -0.05) is 36.8 Å². The molecule has 4 nitrogen and oxygen atoms in total. The monoisotopic (exact) mass is 304 g/mol. The number of hydrogen-bond donors (Lipinski definition) is 1. The number of carboxylic acids is 1. The van der Waals surface area contributed by atoms with Crippen LogP contribution in [0.4, 0.5) is 5.69 Å². The number of anilines is 1. The van der Waals surface area contributed by atoms with Gasteiger partial charge in [-0.2, -0.15) is 0 Å². The zero-order valence-electron chi connectivity index (χ0n) is 13.9. The number of aldehydes is 1. The average Bonchev–Trinajstić information content (AvgIpc) is 2.42. The van der Waals surface area contributed by atoms with Crippen LogP contribution in [0.3, 0.4) is 0 Å². The number of carbonyl (C=O) groups excluding carboxylic acids is 2. The van der Waals surface area contributed by atoms with E-state index in [9.17, 15) is 14.7 Å². The zero-order chi connectivity index (χ0) is 17.1. The summed E-state index contributed by atoms with van der Waals surface area (Å²) >= 11 is 0. The summed E-state index contributed by atoms with van der Waals surface area (Å²) in [5.74, 6) is -0.686. The van der Waals surface area contributed by atoms with Crippen molar-refractivity contribution in [2.24, 2.45) is 5.92 Å². The first-order valence-corrected chi connectivity index (χ1v) is 7.43. The molecule has 1 aromatic rings. The summed E-state index contributed by atoms with van der Waals surface area (Å²) in [6, 6.07) is 4.82. The Balaban J connectivity index is 0.000000401. The maximum Gasteiger partial charge on any atom is 0.120 e. The Morgan fingerprint density at radius 3 is 2.45 bits per heavy atom. The maximum atomic E-state index is 10.4. The molecule has 2 N–H and O–H groups in total.